The van der Waals surface area contributed by atoms with Gasteiger partial charge in [0.15, 0.2) is 0 Å². The Kier molecular flexibility index (Phi) is 5.18. The molecule has 0 unspecified atom stereocenters. The Labute approximate surface area is 88.1 Å². The van der Waals surface area contributed by atoms with Gasteiger partial charge in [0.1, 0.15) is 0 Å². The first-order valence-corrected chi connectivity index (χ1v) is 4.41. The number of hydrogen-bond donors (Lipinski definition) is 0. The summed E-state index contributed by atoms with van der Waals surface area (Å²) < 4.78 is 0. The van der Waals surface area contributed by atoms with Crippen LogP contribution in [0.25, 0.3) is 0 Å². The van der Waals surface area contributed by atoms with Crippen LogP contribution in [0.4, 0.5) is 5.69 Å². The zero-order valence-corrected chi connectivity index (χ0v) is 8.08. The van der Waals surface area contributed by atoms with Gasteiger partial charge in [0, 0.05) is 12.4 Å². The highest BCUT2D eigenvalue weighted by Crippen LogP contribution is 2.06. The molecule has 1 aromatic carbocycles. The summed E-state index contributed by atoms with van der Waals surface area (Å²) in [4.78, 5) is 16.9. The maximum atomic E-state index is 9.68. The van der Waals surface area contributed by atoms with Gasteiger partial charge in [-0.1, -0.05) is 24.3 Å². The summed E-state index contributed by atoms with van der Waals surface area (Å²) in [5, 5.41) is 0. The average molecular weight is 198 g/mol. The Hall–Kier alpha value is -2.25. The van der Waals surface area contributed by atoms with E-state index in [1.807, 2.05) is 36.4 Å². The van der Waals surface area contributed by atoms with E-state index in [1.165, 1.54) is 6.08 Å². The Morgan fingerprint density at radius 3 is 1.93 bits per heavy atom. The molecular weight excluding hydrogens is 188 g/mol. The largest absolute Gasteiger partial charge is 0.265 e. The first-order valence-electron chi connectivity index (χ1n) is 4.41. The molecular formula is C12H10N2O. The molecule has 2 rings (SSSR count). The van der Waals surface area contributed by atoms with Gasteiger partial charge in [-0.05, 0) is 24.3 Å². The van der Waals surface area contributed by atoms with Crippen molar-refractivity contribution < 1.29 is 4.79 Å². The van der Waals surface area contributed by atoms with Crippen molar-refractivity contribution in [1.29, 1.82) is 0 Å². The zero-order valence-electron chi connectivity index (χ0n) is 8.08. The van der Waals surface area contributed by atoms with Gasteiger partial charge >= 0.3 is 0 Å². The molecule has 0 radical (unpaired) electrons. The van der Waals surface area contributed by atoms with Crippen LogP contribution < -0.4 is 0 Å². The summed E-state index contributed by atoms with van der Waals surface area (Å²) >= 11 is 0. The Morgan fingerprint density at radius 1 is 0.933 bits per heavy atom. The fourth-order valence-corrected chi connectivity index (χ4v) is 0.868. The quantitative estimate of drug-likeness (QED) is 0.522. The van der Waals surface area contributed by atoms with Crippen LogP contribution in [-0.4, -0.2) is 11.1 Å². The van der Waals surface area contributed by atoms with Crippen LogP contribution >= 0.6 is 0 Å². The summed E-state index contributed by atoms with van der Waals surface area (Å²) in [6, 6.07) is 14.7. The summed E-state index contributed by atoms with van der Waals surface area (Å²) in [6.07, 6.45) is 4.96. The Balaban J connectivity index is 0.000000162. The number of isocyanates is 1. The molecule has 0 aliphatic heterocycles. The van der Waals surface area contributed by atoms with Crippen molar-refractivity contribution >= 4 is 11.8 Å². The molecule has 0 amide bonds. The van der Waals surface area contributed by atoms with Gasteiger partial charge in [0.05, 0.1) is 5.69 Å². The van der Waals surface area contributed by atoms with Crippen molar-refractivity contribution in [2.75, 3.05) is 0 Å². The fourth-order valence-electron chi connectivity index (χ4n) is 0.868. The maximum absolute atomic E-state index is 9.68. The SMILES string of the molecule is O=C=Nc1ccccc1.c1ccncc1. The van der Waals surface area contributed by atoms with Crippen molar-refractivity contribution in [2.45, 2.75) is 0 Å². The van der Waals surface area contributed by atoms with Crippen molar-refractivity contribution in [1.82, 2.24) is 4.98 Å². The normalized spacial score (nSPS) is 8.00. The smallest absolute Gasteiger partial charge is 0.240 e. The van der Waals surface area contributed by atoms with Gasteiger partial charge in [-0.25, -0.2) is 4.79 Å². The first kappa shape index (κ1) is 10.8. The minimum absolute atomic E-state index is 0.646. The fraction of sp³-hybridized carbons (Fsp3) is 0. The number of para-hydroxylation sites is 1. The van der Waals surface area contributed by atoms with Crippen LogP contribution in [0.2, 0.25) is 0 Å². The second-order valence-electron chi connectivity index (χ2n) is 2.56. The van der Waals surface area contributed by atoms with E-state index in [0.29, 0.717) is 5.69 Å². The predicted octanol–water partition coefficient (Wildman–Crippen LogP) is 2.74. The molecule has 0 saturated carbocycles. The molecule has 0 spiro atoms. The molecule has 0 bridgehead atoms. The molecule has 1 aromatic heterocycles. The van der Waals surface area contributed by atoms with Crippen molar-refractivity contribution in [3.8, 4) is 0 Å². The third kappa shape index (κ3) is 5.13. The van der Waals surface area contributed by atoms with Gasteiger partial charge in [0.25, 0.3) is 0 Å². The lowest BCUT2D eigenvalue weighted by Crippen LogP contribution is -1.59. The highest BCUT2D eigenvalue weighted by atomic mass is 16.1. The summed E-state index contributed by atoms with van der Waals surface area (Å²) in [5.74, 6) is 0. The summed E-state index contributed by atoms with van der Waals surface area (Å²) in [6.45, 7) is 0. The first-order chi connectivity index (χ1) is 7.43. The van der Waals surface area contributed by atoms with E-state index in [1.54, 1.807) is 24.5 Å². The minimum atomic E-state index is 0.646. The molecule has 0 saturated heterocycles. The molecule has 0 aliphatic carbocycles. The van der Waals surface area contributed by atoms with Gasteiger partial charge < -0.3 is 0 Å². The van der Waals surface area contributed by atoms with E-state index in [4.69, 9.17) is 0 Å². The average Bonchev–Trinajstić information content (AvgIpc) is 2.34. The molecule has 0 aliphatic rings. The van der Waals surface area contributed by atoms with E-state index in [-0.39, 0.29) is 0 Å². The molecule has 0 N–H and O–H groups in total. The van der Waals surface area contributed by atoms with Crippen LogP contribution in [0.5, 0.6) is 0 Å². The molecule has 1 heterocycles. The lowest BCUT2D eigenvalue weighted by molar-refractivity contribution is 0.565. The highest BCUT2D eigenvalue weighted by molar-refractivity contribution is 5.47. The lowest BCUT2D eigenvalue weighted by atomic mass is 10.3. The van der Waals surface area contributed by atoms with Gasteiger partial charge in [-0.15, -0.1) is 0 Å². The highest BCUT2D eigenvalue weighted by Gasteiger charge is 1.79. The monoisotopic (exact) mass is 198 g/mol. The third-order valence-electron chi connectivity index (χ3n) is 1.50. The summed E-state index contributed by atoms with van der Waals surface area (Å²) in [5.41, 5.74) is 0.646. The molecule has 0 fully saturated rings. The third-order valence-corrected chi connectivity index (χ3v) is 1.50. The van der Waals surface area contributed by atoms with Crippen LogP contribution in [-0.2, 0) is 4.79 Å². The van der Waals surface area contributed by atoms with Crippen LogP contribution in [0.1, 0.15) is 0 Å². The number of rotatable bonds is 1. The molecule has 15 heavy (non-hydrogen) atoms. The predicted molar refractivity (Wildman–Crippen MR) is 58.5 cm³/mol. The topological polar surface area (TPSA) is 42.3 Å². The number of carbonyl (C=O) groups excluding carboxylic acids is 1. The Bertz CT molecular complexity index is 381. The van der Waals surface area contributed by atoms with Crippen LogP contribution in [0.3, 0.4) is 0 Å². The second-order valence-corrected chi connectivity index (χ2v) is 2.56. The van der Waals surface area contributed by atoms with Crippen LogP contribution in [0, 0.1) is 0 Å². The second kappa shape index (κ2) is 7.18. The van der Waals surface area contributed by atoms with Crippen LogP contribution in [0.15, 0.2) is 65.9 Å². The van der Waals surface area contributed by atoms with E-state index in [0.717, 1.165) is 0 Å². The summed E-state index contributed by atoms with van der Waals surface area (Å²) in [7, 11) is 0. The van der Waals surface area contributed by atoms with Gasteiger partial charge in [-0.2, -0.15) is 4.99 Å². The molecule has 74 valence electrons. The van der Waals surface area contributed by atoms with Crippen molar-refractivity contribution in [3.63, 3.8) is 0 Å². The van der Waals surface area contributed by atoms with E-state index < -0.39 is 0 Å². The Morgan fingerprint density at radius 2 is 1.53 bits per heavy atom. The number of benzene rings is 1. The van der Waals surface area contributed by atoms with Crippen molar-refractivity contribution in [3.05, 3.63) is 60.9 Å². The van der Waals surface area contributed by atoms with E-state index in [2.05, 4.69) is 9.98 Å². The molecule has 2 aromatic rings. The maximum Gasteiger partial charge on any atom is 0.240 e. The van der Waals surface area contributed by atoms with E-state index >= 15 is 0 Å². The van der Waals surface area contributed by atoms with Gasteiger partial charge in [-0.3, -0.25) is 4.98 Å². The lowest BCUT2D eigenvalue weighted by Gasteiger charge is -1.83. The zero-order chi connectivity index (χ0) is 10.8. The molecule has 3 nitrogen and oxygen atoms in total. The van der Waals surface area contributed by atoms with E-state index in [9.17, 15) is 4.79 Å². The molecule has 3 heteroatoms. The number of aromatic nitrogens is 1. The standard InChI is InChI=1S/C7H5NO.C5H5N/c9-6-8-7-4-2-1-3-5-7;1-2-4-6-5-3-1/h1-5H;1-5H. The van der Waals surface area contributed by atoms with Gasteiger partial charge in [0.2, 0.25) is 6.08 Å². The number of aliphatic imine (C=N–C) groups is 1. The number of nitrogens with zero attached hydrogens (tertiary/aromatic N) is 2. The molecule has 0 atom stereocenters. The number of hydrogen-bond acceptors (Lipinski definition) is 3. The van der Waals surface area contributed by atoms with Crippen molar-refractivity contribution in [2.24, 2.45) is 4.99 Å². The number of pyridine rings is 1. The minimum Gasteiger partial charge on any atom is -0.265 e.